The third-order valence-corrected chi connectivity index (χ3v) is 6.42. The molecule has 9 heteroatoms. The molecule has 1 aromatic heterocycles. The fraction of sp³-hybridized carbons (Fsp3) is 0.435. The maximum Gasteiger partial charge on any atom is 0.254 e. The van der Waals surface area contributed by atoms with Crippen LogP contribution in [0.25, 0.3) is 0 Å². The molecule has 1 aliphatic carbocycles. The average Bonchev–Trinajstić information content (AvgIpc) is 3.58. The lowest BCUT2D eigenvalue weighted by molar-refractivity contribution is -0.127. The van der Waals surface area contributed by atoms with E-state index in [0.717, 1.165) is 18.4 Å². The molecule has 0 radical (unpaired) electrons. The highest BCUT2D eigenvalue weighted by molar-refractivity contribution is 6.06. The Balaban J connectivity index is 1.78. The molecule has 1 saturated carbocycles. The second-order valence-corrected chi connectivity index (χ2v) is 8.47. The van der Waals surface area contributed by atoms with Gasteiger partial charge < -0.3 is 16.4 Å². The van der Waals surface area contributed by atoms with E-state index < -0.39 is 17.2 Å². The van der Waals surface area contributed by atoms with Gasteiger partial charge in [0.1, 0.15) is 5.56 Å². The number of rotatable bonds is 8. The number of amides is 2. The normalized spacial score (nSPS) is 18.3. The molecule has 0 bridgehead atoms. The number of piperidine rings is 1. The number of nitriles is 1. The third kappa shape index (κ3) is 4.01. The number of primary amides is 1. The molecule has 32 heavy (non-hydrogen) atoms. The van der Waals surface area contributed by atoms with Crippen LogP contribution in [0.15, 0.2) is 30.3 Å². The maximum absolute atomic E-state index is 14.1. The van der Waals surface area contributed by atoms with Crippen LogP contribution in [0.1, 0.15) is 59.6 Å². The zero-order valence-electron chi connectivity index (χ0n) is 17.7. The van der Waals surface area contributed by atoms with E-state index in [-0.39, 0.29) is 35.4 Å². The first-order chi connectivity index (χ1) is 15.5. The number of aromatic amines is 1. The van der Waals surface area contributed by atoms with Crippen molar-refractivity contribution in [2.45, 2.75) is 43.4 Å². The Hall–Kier alpha value is -3.51. The quantitative estimate of drug-likeness (QED) is 0.496. The minimum absolute atomic E-state index is 0.0172. The Kier molecular flexibility index (Phi) is 6.06. The molecule has 1 atom stereocenters. The number of anilines is 1. The van der Waals surface area contributed by atoms with Crippen molar-refractivity contribution in [2.24, 2.45) is 11.7 Å². The van der Waals surface area contributed by atoms with Crippen molar-refractivity contribution < 1.29 is 14.4 Å². The lowest BCUT2D eigenvalue weighted by Gasteiger charge is -2.38. The SMILES string of the molecule is N#CC[C@@H](C(=O)C1(c2[nH]nc(NC(=O)C3CC3)c2C(N)=O)CCNCC1)c1ccccc1. The molecule has 1 aliphatic heterocycles. The van der Waals surface area contributed by atoms with E-state index in [1.807, 2.05) is 30.3 Å². The first-order valence-corrected chi connectivity index (χ1v) is 10.8. The smallest absolute Gasteiger partial charge is 0.254 e. The number of nitrogens with one attached hydrogen (secondary N) is 3. The Morgan fingerprint density at radius 3 is 2.50 bits per heavy atom. The molecule has 2 aromatic rings. The molecular weight excluding hydrogens is 408 g/mol. The summed E-state index contributed by atoms with van der Waals surface area (Å²) in [6.07, 6.45) is 2.45. The topological polar surface area (TPSA) is 154 Å². The van der Waals surface area contributed by atoms with Crippen molar-refractivity contribution in [1.82, 2.24) is 15.5 Å². The largest absolute Gasteiger partial charge is 0.365 e. The molecule has 9 nitrogen and oxygen atoms in total. The number of aromatic nitrogens is 2. The standard InChI is InChI=1S/C23H26N6O3/c24-11-8-16(14-4-2-1-3-5-14)19(30)23(9-12-26-13-10-23)18-17(20(25)31)21(29-28-18)27-22(32)15-6-7-15/h1-5,15-16,26H,6-10,12-13H2,(H2,25,31)(H2,27,28,29,32)/t16-/m1/s1. The highest BCUT2D eigenvalue weighted by Crippen LogP contribution is 2.42. The van der Waals surface area contributed by atoms with Crippen molar-refractivity contribution in [3.8, 4) is 6.07 Å². The molecule has 2 aliphatic rings. The fourth-order valence-corrected chi connectivity index (χ4v) is 4.53. The summed E-state index contributed by atoms with van der Waals surface area (Å²) >= 11 is 0. The van der Waals surface area contributed by atoms with Crippen LogP contribution < -0.4 is 16.4 Å². The average molecular weight is 435 g/mol. The van der Waals surface area contributed by atoms with Crippen LogP contribution in [0.4, 0.5) is 5.82 Å². The molecule has 1 saturated heterocycles. The summed E-state index contributed by atoms with van der Waals surface area (Å²) in [5.41, 5.74) is 5.74. The summed E-state index contributed by atoms with van der Waals surface area (Å²) in [5.74, 6) is -1.80. The van der Waals surface area contributed by atoms with Gasteiger partial charge in [-0.3, -0.25) is 19.5 Å². The van der Waals surface area contributed by atoms with Crippen molar-refractivity contribution in [3.63, 3.8) is 0 Å². The maximum atomic E-state index is 14.1. The Labute approximate surface area is 185 Å². The molecule has 2 amide bonds. The number of carbonyl (C=O) groups excluding carboxylic acids is 3. The number of nitrogens with zero attached hydrogens (tertiary/aromatic N) is 2. The molecule has 2 heterocycles. The van der Waals surface area contributed by atoms with Crippen LogP contribution in [-0.4, -0.2) is 40.9 Å². The summed E-state index contributed by atoms with van der Waals surface area (Å²) in [6.45, 7) is 1.11. The minimum atomic E-state index is -1.08. The van der Waals surface area contributed by atoms with Crippen molar-refractivity contribution in [2.75, 3.05) is 18.4 Å². The van der Waals surface area contributed by atoms with Crippen LogP contribution in [0.2, 0.25) is 0 Å². The van der Waals surface area contributed by atoms with Crippen molar-refractivity contribution >= 4 is 23.4 Å². The van der Waals surface area contributed by atoms with Gasteiger partial charge in [0, 0.05) is 12.3 Å². The van der Waals surface area contributed by atoms with E-state index in [9.17, 15) is 19.6 Å². The zero-order valence-corrected chi connectivity index (χ0v) is 17.7. The molecule has 1 aromatic carbocycles. The lowest BCUT2D eigenvalue weighted by atomic mass is 9.66. The summed E-state index contributed by atoms with van der Waals surface area (Å²) in [4.78, 5) is 38.8. The van der Waals surface area contributed by atoms with Gasteiger partial charge in [-0.15, -0.1) is 0 Å². The van der Waals surface area contributed by atoms with E-state index in [0.29, 0.717) is 31.6 Å². The molecule has 0 spiro atoms. The van der Waals surface area contributed by atoms with E-state index in [2.05, 4.69) is 26.9 Å². The Morgan fingerprint density at radius 1 is 1.22 bits per heavy atom. The van der Waals surface area contributed by atoms with Crippen LogP contribution in [0.3, 0.4) is 0 Å². The molecule has 4 rings (SSSR count). The fourth-order valence-electron chi connectivity index (χ4n) is 4.53. The minimum Gasteiger partial charge on any atom is -0.365 e. The number of H-pyrrole nitrogens is 1. The van der Waals surface area contributed by atoms with Gasteiger partial charge in [-0.2, -0.15) is 10.4 Å². The van der Waals surface area contributed by atoms with Crippen LogP contribution in [-0.2, 0) is 15.0 Å². The molecule has 166 valence electrons. The first-order valence-electron chi connectivity index (χ1n) is 10.8. The number of hydrogen-bond donors (Lipinski definition) is 4. The predicted molar refractivity (Wildman–Crippen MR) is 117 cm³/mol. The number of ketones is 1. The van der Waals surface area contributed by atoms with Crippen molar-refractivity contribution in [1.29, 1.82) is 5.26 Å². The Morgan fingerprint density at radius 2 is 1.91 bits per heavy atom. The summed E-state index contributed by atoms with van der Waals surface area (Å²) in [5, 5.41) is 22.4. The third-order valence-electron chi connectivity index (χ3n) is 6.42. The Bertz CT molecular complexity index is 1060. The van der Waals surface area contributed by atoms with Crippen LogP contribution in [0, 0.1) is 17.2 Å². The van der Waals surface area contributed by atoms with E-state index in [1.165, 1.54) is 0 Å². The summed E-state index contributed by atoms with van der Waals surface area (Å²) in [7, 11) is 0. The van der Waals surface area contributed by atoms with E-state index in [4.69, 9.17) is 5.73 Å². The van der Waals surface area contributed by atoms with Gasteiger partial charge in [-0.1, -0.05) is 30.3 Å². The second-order valence-electron chi connectivity index (χ2n) is 8.47. The van der Waals surface area contributed by atoms with E-state index >= 15 is 0 Å². The molecule has 5 N–H and O–H groups in total. The van der Waals surface area contributed by atoms with Gasteiger partial charge in [0.2, 0.25) is 5.91 Å². The number of nitrogens with two attached hydrogens (primary N) is 1. The summed E-state index contributed by atoms with van der Waals surface area (Å²) in [6, 6.07) is 11.3. The molecular formula is C23H26N6O3. The molecule has 0 unspecified atom stereocenters. The lowest BCUT2D eigenvalue weighted by Crippen LogP contribution is -2.48. The van der Waals surface area contributed by atoms with Gasteiger partial charge in [0.15, 0.2) is 11.6 Å². The predicted octanol–water partition coefficient (Wildman–Crippen LogP) is 1.74. The summed E-state index contributed by atoms with van der Waals surface area (Å²) < 4.78 is 0. The number of carbonyl (C=O) groups is 3. The van der Waals surface area contributed by atoms with Gasteiger partial charge in [0.05, 0.1) is 23.1 Å². The van der Waals surface area contributed by atoms with E-state index in [1.54, 1.807) is 0 Å². The van der Waals surface area contributed by atoms with Gasteiger partial charge in [-0.05, 0) is 44.3 Å². The monoisotopic (exact) mass is 434 g/mol. The zero-order chi connectivity index (χ0) is 22.7. The van der Waals surface area contributed by atoms with Crippen LogP contribution in [0.5, 0.6) is 0 Å². The number of benzene rings is 1. The van der Waals surface area contributed by atoms with Gasteiger partial charge in [0.25, 0.3) is 5.91 Å². The van der Waals surface area contributed by atoms with Gasteiger partial charge >= 0.3 is 0 Å². The first kappa shape index (κ1) is 21.7. The van der Waals surface area contributed by atoms with Gasteiger partial charge in [-0.25, -0.2) is 0 Å². The number of Topliss-reactive ketones (excluding diaryl/α,β-unsaturated/α-hetero) is 1. The van der Waals surface area contributed by atoms with Crippen molar-refractivity contribution in [3.05, 3.63) is 47.2 Å². The highest BCUT2D eigenvalue weighted by atomic mass is 16.2. The highest BCUT2D eigenvalue weighted by Gasteiger charge is 2.48. The molecule has 2 fully saturated rings. The number of hydrogen-bond acceptors (Lipinski definition) is 6. The van der Waals surface area contributed by atoms with Crippen LogP contribution >= 0.6 is 0 Å². The second kappa shape index (κ2) is 8.93.